The number of carbonyl (C=O) groups is 1. The summed E-state index contributed by atoms with van der Waals surface area (Å²) in [6, 6.07) is 6.16. The minimum absolute atomic E-state index is 0.00111. The zero-order valence-electron chi connectivity index (χ0n) is 20.5. The number of amides is 1. The molecule has 2 heterocycles. The maximum absolute atomic E-state index is 12.9. The third-order valence-corrected chi connectivity index (χ3v) is 7.85. The minimum Gasteiger partial charge on any atom is -0.382 e. The quantitative estimate of drug-likeness (QED) is 0.397. The van der Waals surface area contributed by atoms with Gasteiger partial charge in [0.05, 0.1) is 16.2 Å². The highest BCUT2D eigenvalue weighted by molar-refractivity contribution is 7.91. The van der Waals surface area contributed by atoms with Gasteiger partial charge in [-0.25, -0.2) is 18.4 Å². The van der Waals surface area contributed by atoms with E-state index in [1.165, 1.54) is 12.1 Å². The average Bonchev–Trinajstić information content (AvgIpc) is 3.17. The summed E-state index contributed by atoms with van der Waals surface area (Å²) in [6.07, 6.45) is 4.04. The number of hydrogen-bond acceptors (Lipinski definition) is 6. The Labute approximate surface area is 201 Å². The molecule has 1 aromatic carbocycles. The molecule has 0 aliphatic carbocycles. The molecule has 0 saturated carbocycles. The van der Waals surface area contributed by atoms with Gasteiger partial charge in [0, 0.05) is 30.8 Å². The Morgan fingerprint density at radius 2 is 1.76 bits per heavy atom. The number of pyridine rings is 1. The number of anilines is 1. The molecule has 34 heavy (non-hydrogen) atoms. The molecule has 0 aliphatic heterocycles. The Morgan fingerprint density at radius 1 is 1.06 bits per heavy atom. The lowest BCUT2D eigenvalue weighted by Crippen LogP contribution is -2.24. The lowest BCUT2D eigenvalue weighted by atomic mass is 10.2. The van der Waals surface area contributed by atoms with Crippen LogP contribution in [0.25, 0.3) is 11.0 Å². The first kappa shape index (κ1) is 25.7. The first-order valence-electron chi connectivity index (χ1n) is 11.9. The molecule has 0 saturated heterocycles. The molecule has 0 radical (unpaired) electrons. The Bertz CT molecular complexity index is 1260. The van der Waals surface area contributed by atoms with Gasteiger partial charge in [-0.3, -0.25) is 4.79 Å². The zero-order valence-corrected chi connectivity index (χ0v) is 21.3. The van der Waals surface area contributed by atoms with Crippen LogP contribution in [0.1, 0.15) is 67.0 Å². The monoisotopic (exact) mass is 485 g/mol. The Morgan fingerprint density at radius 3 is 2.41 bits per heavy atom. The van der Waals surface area contributed by atoms with Crippen LogP contribution in [-0.4, -0.2) is 41.2 Å². The molecule has 0 bridgehead atoms. The molecule has 0 spiro atoms. The minimum atomic E-state index is -3.48. The molecule has 8 nitrogen and oxygen atoms in total. The number of nitrogens with two attached hydrogens (primary N) is 1. The highest BCUT2D eigenvalue weighted by atomic mass is 32.2. The number of nitrogen functional groups attached to an aromatic ring is 1. The number of rotatable bonds is 11. The molecule has 9 heteroatoms. The largest absolute Gasteiger partial charge is 0.382 e. The van der Waals surface area contributed by atoms with E-state index in [9.17, 15) is 13.2 Å². The number of carbonyl (C=O) groups excluding carboxylic acids is 1. The summed E-state index contributed by atoms with van der Waals surface area (Å²) in [4.78, 5) is 21.5. The number of aryl methyl sites for hydroxylation is 4. The third kappa shape index (κ3) is 5.58. The molecular formula is C25H35N5O3S. The number of fused-ring (bicyclic) bond motifs is 1. The molecule has 3 N–H and O–H groups in total. The van der Waals surface area contributed by atoms with E-state index in [-0.39, 0.29) is 16.6 Å². The van der Waals surface area contributed by atoms with Crippen LogP contribution in [0.5, 0.6) is 0 Å². The van der Waals surface area contributed by atoms with Gasteiger partial charge < -0.3 is 15.6 Å². The molecule has 3 aromatic rings. The van der Waals surface area contributed by atoms with Crippen molar-refractivity contribution in [1.29, 1.82) is 0 Å². The van der Waals surface area contributed by atoms with E-state index in [0.717, 1.165) is 48.3 Å². The number of nitrogens with zero attached hydrogens (tertiary/aromatic N) is 3. The van der Waals surface area contributed by atoms with E-state index in [2.05, 4.69) is 28.7 Å². The SMILES string of the molecule is CCCCNC(=O)c1ccc(S(=O)(=O)CCCn2c(CCC)nc3c(N)nc(C)c(C)c32)cc1. The van der Waals surface area contributed by atoms with Crippen LogP contribution in [-0.2, 0) is 22.8 Å². The fourth-order valence-electron chi connectivity index (χ4n) is 4.03. The van der Waals surface area contributed by atoms with Gasteiger partial charge in [0.25, 0.3) is 5.91 Å². The van der Waals surface area contributed by atoms with E-state index in [1.807, 2.05) is 13.8 Å². The lowest BCUT2D eigenvalue weighted by molar-refractivity contribution is 0.0953. The summed E-state index contributed by atoms with van der Waals surface area (Å²) in [5, 5.41) is 2.84. The van der Waals surface area contributed by atoms with Crippen molar-refractivity contribution in [3.63, 3.8) is 0 Å². The van der Waals surface area contributed by atoms with Crippen LogP contribution < -0.4 is 11.1 Å². The van der Waals surface area contributed by atoms with Crippen molar-refractivity contribution in [1.82, 2.24) is 19.9 Å². The number of sulfone groups is 1. The molecule has 0 unspecified atom stereocenters. The van der Waals surface area contributed by atoms with Crippen LogP contribution in [0.15, 0.2) is 29.2 Å². The van der Waals surface area contributed by atoms with Gasteiger partial charge in [-0.2, -0.15) is 0 Å². The van der Waals surface area contributed by atoms with Crippen molar-refractivity contribution >= 4 is 32.6 Å². The van der Waals surface area contributed by atoms with E-state index in [1.54, 1.807) is 12.1 Å². The summed E-state index contributed by atoms with van der Waals surface area (Å²) in [7, 11) is -3.48. The fourth-order valence-corrected chi connectivity index (χ4v) is 5.32. The fraction of sp³-hybridized carbons (Fsp3) is 0.480. The Hall–Kier alpha value is -2.94. The molecule has 3 rings (SSSR count). The molecule has 0 atom stereocenters. The highest BCUT2D eigenvalue weighted by Gasteiger charge is 2.19. The summed E-state index contributed by atoms with van der Waals surface area (Å²) < 4.78 is 28.0. The molecule has 1 amide bonds. The maximum atomic E-state index is 12.9. The molecule has 184 valence electrons. The number of hydrogen-bond donors (Lipinski definition) is 2. The van der Waals surface area contributed by atoms with Gasteiger partial charge in [-0.1, -0.05) is 20.3 Å². The number of unbranched alkanes of at least 4 members (excludes halogenated alkanes) is 1. The van der Waals surface area contributed by atoms with Crippen molar-refractivity contribution in [3.05, 3.63) is 46.9 Å². The van der Waals surface area contributed by atoms with Gasteiger partial charge in [0.1, 0.15) is 11.3 Å². The number of imidazole rings is 1. The van der Waals surface area contributed by atoms with Gasteiger partial charge in [0.15, 0.2) is 15.7 Å². The van der Waals surface area contributed by atoms with Crippen LogP contribution in [0.2, 0.25) is 0 Å². The Kier molecular flexibility index (Phi) is 8.30. The molecule has 2 aromatic heterocycles. The summed E-state index contributed by atoms with van der Waals surface area (Å²) in [5.41, 5.74) is 10.1. The predicted molar refractivity (Wildman–Crippen MR) is 136 cm³/mol. The number of nitrogens with one attached hydrogen (secondary N) is 1. The average molecular weight is 486 g/mol. The lowest BCUT2D eigenvalue weighted by Gasteiger charge is -2.12. The smallest absolute Gasteiger partial charge is 0.251 e. The maximum Gasteiger partial charge on any atom is 0.251 e. The third-order valence-electron chi connectivity index (χ3n) is 6.04. The second-order valence-corrected chi connectivity index (χ2v) is 10.7. The number of aromatic nitrogens is 3. The van der Waals surface area contributed by atoms with Crippen LogP contribution in [0.3, 0.4) is 0 Å². The topological polar surface area (TPSA) is 120 Å². The van der Waals surface area contributed by atoms with Crippen LogP contribution >= 0.6 is 0 Å². The Balaban J connectivity index is 1.74. The molecule has 0 aliphatic rings. The second-order valence-electron chi connectivity index (χ2n) is 8.64. The summed E-state index contributed by atoms with van der Waals surface area (Å²) in [6.45, 7) is 9.18. The zero-order chi connectivity index (χ0) is 24.9. The predicted octanol–water partition coefficient (Wildman–Crippen LogP) is 3.98. The van der Waals surface area contributed by atoms with Crippen LogP contribution in [0.4, 0.5) is 5.82 Å². The first-order chi connectivity index (χ1) is 16.2. The van der Waals surface area contributed by atoms with E-state index >= 15 is 0 Å². The van der Waals surface area contributed by atoms with Crippen molar-refractivity contribution in [2.24, 2.45) is 0 Å². The summed E-state index contributed by atoms with van der Waals surface area (Å²) in [5.74, 6) is 1.11. The van der Waals surface area contributed by atoms with Gasteiger partial charge >= 0.3 is 0 Å². The molecule has 0 fully saturated rings. The number of benzene rings is 1. The summed E-state index contributed by atoms with van der Waals surface area (Å²) >= 11 is 0. The van der Waals surface area contributed by atoms with E-state index < -0.39 is 9.84 Å². The van der Waals surface area contributed by atoms with Crippen molar-refractivity contribution < 1.29 is 13.2 Å². The van der Waals surface area contributed by atoms with Crippen LogP contribution in [0, 0.1) is 13.8 Å². The van der Waals surface area contributed by atoms with Gasteiger partial charge in [0.2, 0.25) is 0 Å². The van der Waals surface area contributed by atoms with Crippen molar-refractivity contribution in [2.45, 2.75) is 71.2 Å². The highest BCUT2D eigenvalue weighted by Crippen LogP contribution is 2.27. The molecular weight excluding hydrogens is 450 g/mol. The first-order valence-corrected chi connectivity index (χ1v) is 13.6. The second kappa shape index (κ2) is 11.0. The van der Waals surface area contributed by atoms with E-state index in [0.29, 0.717) is 36.4 Å². The van der Waals surface area contributed by atoms with E-state index in [4.69, 9.17) is 10.7 Å². The standard InChI is InChI=1S/C25H35N5O3S/c1-5-7-14-27-25(31)19-10-12-20(13-11-19)34(32,33)16-8-15-30-21(9-6-2)29-22-23(30)17(3)18(4)28-24(22)26/h10-13H,5-9,14-16H2,1-4H3,(H2,26,28)(H,27,31). The van der Waals surface area contributed by atoms with Gasteiger partial charge in [-0.15, -0.1) is 0 Å². The van der Waals surface area contributed by atoms with Gasteiger partial charge in [-0.05, 0) is 62.9 Å². The van der Waals surface area contributed by atoms with Crippen molar-refractivity contribution in [2.75, 3.05) is 18.0 Å². The normalized spacial score (nSPS) is 11.8. The van der Waals surface area contributed by atoms with Crippen molar-refractivity contribution in [3.8, 4) is 0 Å².